The first-order chi connectivity index (χ1) is 14.7. The smallest absolute Gasteiger partial charge is 0.251 e. The fourth-order valence-electron chi connectivity index (χ4n) is 4.65. The van der Waals surface area contributed by atoms with Crippen LogP contribution in [0.4, 0.5) is 0 Å². The van der Waals surface area contributed by atoms with Gasteiger partial charge in [0.15, 0.2) is 17.6 Å². The molecule has 4 atom stereocenters. The van der Waals surface area contributed by atoms with Crippen LogP contribution >= 0.6 is 0 Å². The van der Waals surface area contributed by atoms with Crippen LogP contribution in [-0.2, 0) is 11.3 Å². The van der Waals surface area contributed by atoms with Crippen LogP contribution in [0.5, 0.6) is 11.5 Å². The van der Waals surface area contributed by atoms with Gasteiger partial charge in [-0.1, -0.05) is 30.3 Å². The van der Waals surface area contributed by atoms with E-state index in [0.29, 0.717) is 36.9 Å². The SMILES string of the molecule is O=C(N[C@@H]1C[C@H]2CCN(C2)C1)c1ccc2c(c1)OC[C@H](COCc1ccccc1)O2. The number of benzene rings is 2. The highest BCUT2D eigenvalue weighted by Gasteiger charge is 2.33. The Morgan fingerprint density at radius 3 is 2.90 bits per heavy atom. The molecule has 158 valence electrons. The third-order valence-electron chi connectivity index (χ3n) is 6.14. The Balaban J connectivity index is 1.14. The zero-order chi connectivity index (χ0) is 20.3. The molecule has 0 aromatic heterocycles. The third kappa shape index (κ3) is 4.45. The highest BCUT2D eigenvalue weighted by Crippen LogP contribution is 2.33. The minimum absolute atomic E-state index is 0.0396. The maximum atomic E-state index is 12.7. The fourth-order valence-corrected chi connectivity index (χ4v) is 4.65. The summed E-state index contributed by atoms with van der Waals surface area (Å²) in [6.07, 6.45) is 2.18. The van der Waals surface area contributed by atoms with Crippen LogP contribution in [-0.4, -0.2) is 55.8 Å². The van der Waals surface area contributed by atoms with Crippen LogP contribution in [0, 0.1) is 5.92 Å². The van der Waals surface area contributed by atoms with E-state index in [4.69, 9.17) is 14.2 Å². The predicted octanol–water partition coefficient (Wildman–Crippen LogP) is 2.87. The van der Waals surface area contributed by atoms with Gasteiger partial charge in [0.25, 0.3) is 5.91 Å². The van der Waals surface area contributed by atoms with Crippen molar-refractivity contribution in [2.75, 3.05) is 32.8 Å². The van der Waals surface area contributed by atoms with Gasteiger partial charge >= 0.3 is 0 Å². The van der Waals surface area contributed by atoms with E-state index in [1.807, 2.05) is 42.5 Å². The van der Waals surface area contributed by atoms with Gasteiger partial charge < -0.3 is 24.4 Å². The van der Waals surface area contributed by atoms with Crippen molar-refractivity contribution in [2.45, 2.75) is 31.6 Å². The van der Waals surface area contributed by atoms with Crippen LogP contribution in [0.2, 0.25) is 0 Å². The van der Waals surface area contributed by atoms with Gasteiger partial charge in [-0.05, 0) is 49.1 Å². The molecule has 0 radical (unpaired) electrons. The van der Waals surface area contributed by atoms with Crippen molar-refractivity contribution < 1.29 is 19.0 Å². The van der Waals surface area contributed by atoms with Gasteiger partial charge in [-0.25, -0.2) is 0 Å². The van der Waals surface area contributed by atoms with E-state index in [1.54, 1.807) is 6.07 Å². The lowest BCUT2D eigenvalue weighted by Crippen LogP contribution is -2.47. The second kappa shape index (κ2) is 8.66. The number of nitrogens with one attached hydrogen (secondary N) is 1. The van der Waals surface area contributed by atoms with Gasteiger partial charge in [0.05, 0.1) is 13.2 Å². The zero-order valence-corrected chi connectivity index (χ0v) is 17.1. The Kier molecular flexibility index (Phi) is 5.60. The summed E-state index contributed by atoms with van der Waals surface area (Å²) >= 11 is 0. The molecule has 5 rings (SSSR count). The topological polar surface area (TPSA) is 60.0 Å². The molecule has 0 saturated carbocycles. The van der Waals surface area contributed by atoms with Crippen molar-refractivity contribution in [1.82, 2.24) is 10.2 Å². The van der Waals surface area contributed by atoms with Crippen LogP contribution in [0.1, 0.15) is 28.8 Å². The molecule has 6 nitrogen and oxygen atoms in total. The molecule has 2 fully saturated rings. The molecule has 3 aliphatic rings. The maximum absolute atomic E-state index is 12.7. The number of rotatable bonds is 6. The Hall–Kier alpha value is -2.57. The standard InChI is InChI=1S/C24H28N2O4/c27-24(25-20-10-18-8-9-26(12-18)13-20)19-6-7-22-23(11-19)29-16-21(30-22)15-28-14-17-4-2-1-3-5-17/h1-7,11,18,20-21H,8-10,12-16H2,(H,25,27)/t18-,20-,21+/m1/s1. The van der Waals surface area contributed by atoms with Crippen LogP contribution in [0.3, 0.4) is 0 Å². The Morgan fingerprint density at radius 1 is 1.13 bits per heavy atom. The fraction of sp³-hybridized carbons (Fsp3) is 0.458. The number of amides is 1. The van der Waals surface area contributed by atoms with Gasteiger partial charge in [0.2, 0.25) is 0 Å². The second-order valence-electron chi connectivity index (χ2n) is 8.53. The van der Waals surface area contributed by atoms with Gasteiger partial charge in [-0.15, -0.1) is 0 Å². The number of ether oxygens (including phenoxy) is 3. The third-order valence-corrected chi connectivity index (χ3v) is 6.14. The number of piperidine rings is 1. The Bertz CT molecular complexity index is 876. The van der Waals surface area contributed by atoms with Crippen LogP contribution in [0.25, 0.3) is 0 Å². The molecule has 1 N–H and O–H groups in total. The number of hydrogen-bond acceptors (Lipinski definition) is 5. The van der Waals surface area contributed by atoms with Gasteiger partial charge in [0, 0.05) is 24.7 Å². The van der Waals surface area contributed by atoms with Crippen molar-refractivity contribution in [1.29, 1.82) is 0 Å². The average molecular weight is 408 g/mol. The van der Waals surface area contributed by atoms with E-state index in [0.717, 1.165) is 31.0 Å². The number of carbonyl (C=O) groups excluding carboxylic acids is 1. The predicted molar refractivity (Wildman–Crippen MR) is 113 cm³/mol. The molecule has 2 aromatic rings. The molecular formula is C24H28N2O4. The summed E-state index contributed by atoms with van der Waals surface area (Å²) in [4.78, 5) is 15.2. The number of nitrogens with zero attached hydrogens (tertiary/aromatic N) is 1. The summed E-state index contributed by atoms with van der Waals surface area (Å²) < 4.78 is 17.6. The molecule has 1 amide bonds. The molecule has 3 aliphatic heterocycles. The largest absolute Gasteiger partial charge is 0.486 e. The summed E-state index contributed by atoms with van der Waals surface area (Å²) in [5.41, 5.74) is 1.75. The zero-order valence-electron chi connectivity index (χ0n) is 17.1. The van der Waals surface area contributed by atoms with E-state index in [9.17, 15) is 4.79 Å². The number of fused-ring (bicyclic) bond motifs is 3. The first-order valence-corrected chi connectivity index (χ1v) is 10.8. The monoisotopic (exact) mass is 408 g/mol. The van der Waals surface area contributed by atoms with E-state index in [1.165, 1.54) is 13.0 Å². The van der Waals surface area contributed by atoms with Crippen molar-refractivity contribution >= 4 is 5.91 Å². The molecule has 2 saturated heterocycles. The van der Waals surface area contributed by atoms with Gasteiger partial charge in [0.1, 0.15) is 6.61 Å². The first kappa shape index (κ1) is 19.4. The van der Waals surface area contributed by atoms with E-state index in [-0.39, 0.29) is 18.1 Å². The molecule has 0 spiro atoms. The van der Waals surface area contributed by atoms with Crippen molar-refractivity contribution in [3.05, 3.63) is 59.7 Å². The Morgan fingerprint density at radius 2 is 2.03 bits per heavy atom. The highest BCUT2D eigenvalue weighted by atomic mass is 16.6. The normalized spacial score (nSPS) is 26.9. The van der Waals surface area contributed by atoms with Crippen molar-refractivity contribution in [2.24, 2.45) is 5.92 Å². The Labute approximate surface area is 177 Å². The summed E-state index contributed by atoms with van der Waals surface area (Å²) in [6.45, 7) is 4.72. The first-order valence-electron chi connectivity index (χ1n) is 10.8. The number of hydrogen-bond donors (Lipinski definition) is 1. The van der Waals surface area contributed by atoms with Crippen molar-refractivity contribution in [3.8, 4) is 11.5 Å². The number of carbonyl (C=O) groups is 1. The molecular weight excluding hydrogens is 380 g/mol. The van der Waals surface area contributed by atoms with E-state index >= 15 is 0 Å². The summed E-state index contributed by atoms with van der Waals surface area (Å²) in [7, 11) is 0. The molecule has 2 aromatic carbocycles. The lowest BCUT2D eigenvalue weighted by Gasteiger charge is -2.30. The molecule has 30 heavy (non-hydrogen) atoms. The summed E-state index contributed by atoms with van der Waals surface area (Å²) in [5, 5.41) is 3.20. The minimum Gasteiger partial charge on any atom is -0.486 e. The van der Waals surface area contributed by atoms with Crippen molar-refractivity contribution in [3.63, 3.8) is 0 Å². The summed E-state index contributed by atoms with van der Waals surface area (Å²) in [6, 6.07) is 15.7. The van der Waals surface area contributed by atoms with E-state index < -0.39 is 0 Å². The maximum Gasteiger partial charge on any atom is 0.251 e. The van der Waals surface area contributed by atoms with Crippen LogP contribution in [0.15, 0.2) is 48.5 Å². The quantitative estimate of drug-likeness (QED) is 0.797. The van der Waals surface area contributed by atoms with E-state index in [2.05, 4.69) is 10.2 Å². The van der Waals surface area contributed by atoms with Gasteiger partial charge in [-0.2, -0.15) is 0 Å². The average Bonchev–Trinajstić information content (AvgIpc) is 3.12. The highest BCUT2D eigenvalue weighted by molar-refractivity contribution is 5.95. The molecule has 3 heterocycles. The molecule has 1 unspecified atom stereocenters. The molecule has 2 bridgehead atoms. The minimum atomic E-state index is -0.160. The second-order valence-corrected chi connectivity index (χ2v) is 8.53. The van der Waals surface area contributed by atoms with Crippen LogP contribution < -0.4 is 14.8 Å². The molecule has 6 heteroatoms. The molecule has 0 aliphatic carbocycles. The van der Waals surface area contributed by atoms with Gasteiger partial charge in [-0.3, -0.25) is 4.79 Å². The summed E-state index contributed by atoms with van der Waals surface area (Å²) in [5.74, 6) is 1.97. The lowest BCUT2D eigenvalue weighted by molar-refractivity contribution is 0.00268. The lowest BCUT2D eigenvalue weighted by atomic mass is 9.96.